The quantitative estimate of drug-likeness (QED) is 0.644. The Morgan fingerprint density at radius 1 is 1.45 bits per heavy atom. The largest absolute Gasteiger partial charge is 0.475 e. The summed E-state index contributed by atoms with van der Waals surface area (Å²) in [6, 6.07) is 0.687. The third-order valence-electron chi connectivity index (χ3n) is 2.22. The zero-order chi connectivity index (χ0) is 16.6. The van der Waals surface area contributed by atoms with Crippen LogP contribution in [0.2, 0.25) is 0 Å². The van der Waals surface area contributed by atoms with Crippen molar-refractivity contribution in [3.8, 4) is 18.2 Å². The van der Waals surface area contributed by atoms with E-state index < -0.39 is 23.7 Å². The van der Waals surface area contributed by atoms with Crippen molar-refractivity contribution in [3.63, 3.8) is 0 Å². The van der Waals surface area contributed by atoms with Crippen LogP contribution in [0.25, 0.3) is 0 Å². The predicted molar refractivity (Wildman–Crippen MR) is 70.4 cm³/mol. The van der Waals surface area contributed by atoms with Crippen molar-refractivity contribution in [2.24, 2.45) is 0 Å². The molecule has 1 N–H and O–H groups in total. The molecule has 0 aliphatic carbocycles. The van der Waals surface area contributed by atoms with Crippen LogP contribution in [0.1, 0.15) is 5.56 Å². The number of hydrogen-bond acceptors (Lipinski definition) is 5. The second kappa shape index (κ2) is 8.09. The van der Waals surface area contributed by atoms with E-state index in [0.29, 0.717) is 6.07 Å². The number of hydrogen-bond donors (Lipinski definition) is 1. The van der Waals surface area contributed by atoms with Crippen LogP contribution in [0.4, 0.5) is 23.7 Å². The molecule has 1 heterocycles. The van der Waals surface area contributed by atoms with Crippen molar-refractivity contribution in [2.45, 2.75) is 6.18 Å². The van der Waals surface area contributed by atoms with Crippen molar-refractivity contribution in [1.29, 1.82) is 0 Å². The van der Waals surface area contributed by atoms with E-state index in [1.807, 2.05) is 5.92 Å². The number of terminal acetylenes is 1. The maximum atomic E-state index is 13.0. The lowest BCUT2D eigenvalue weighted by Crippen LogP contribution is -2.17. The van der Waals surface area contributed by atoms with Gasteiger partial charge in [-0.25, -0.2) is 9.78 Å². The minimum Gasteiger partial charge on any atom is -0.475 e. The number of anilines is 1. The van der Waals surface area contributed by atoms with Crippen LogP contribution in [0.3, 0.4) is 0 Å². The lowest BCUT2D eigenvalue weighted by molar-refractivity contribution is -0.139. The summed E-state index contributed by atoms with van der Waals surface area (Å²) in [5.41, 5.74) is -1.33. The lowest BCUT2D eigenvalue weighted by Gasteiger charge is -2.14. The van der Waals surface area contributed by atoms with E-state index in [2.05, 4.69) is 19.8 Å². The summed E-state index contributed by atoms with van der Waals surface area (Å²) in [6.07, 6.45) is 0.211. The summed E-state index contributed by atoms with van der Waals surface area (Å²) >= 11 is 0. The molecule has 1 aromatic rings. The fourth-order valence-corrected chi connectivity index (χ4v) is 1.32. The number of rotatable bonds is 6. The number of carbonyl (C=O) groups excluding carboxylic acids is 1. The SMILES string of the molecule is C#CCOC(=O)Nc1cnc(OCCOC)c(C(F)(F)F)c1. The zero-order valence-electron chi connectivity index (χ0n) is 11.6. The van der Waals surface area contributed by atoms with Crippen LogP contribution in [-0.4, -0.2) is 38.0 Å². The van der Waals surface area contributed by atoms with Gasteiger partial charge in [0.1, 0.15) is 12.2 Å². The van der Waals surface area contributed by atoms with E-state index in [9.17, 15) is 18.0 Å². The van der Waals surface area contributed by atoms with E-state index >= 15 is 0 Å². The molecule has 0 aromatic carbocycles. The summed E-state index contributed by atoms with van der Waals surface area (Å²) in [5.74, 6) is 1.44. The Bertz CT molecular complexity index is 555. The molecule has 120 valence electrons. The summed E-state index contributed by atoms with van der Waals surface area (Å²) in [4.78, 5) is 14.8. The number of aromatic nitrogens is 1. The molecule has 0 aliphatic rings. The Balaban J connectivity index is 2.90. The molecule has 0 radical (unpaired) electrons. The second-order valence-electron chi connectivity index (χ2n) is 3.82. The average molecular weight is 318 g/mol. The van der Waals surface area contributed by atoms with Gasteiger partial charge in [-0.15, -0.1) is 6.42 Å². The lowest BCUT2D eigenvalue weighted by atomic mass is 10.2. The molecule has 0 saturated heterocycles. The average Bonchev–Trinajstić information content (AvgIpc) is 2.45. The Morgan fingerprint density at radius 3 is 2.77 bits per heavy atom. The van der Waals surface area contributed by atoms with E-state index in [4.69, 9.17) is 11.2 Å². The number of amides is 1. The molecule has 1 rings (SSSR count). The van der Waals surface area contributed by atoms with E-state index in [1.165, 1.54) is 7.11 Å². The van der Waals surface area contributed by atoms with Crippen LogP contribution in [0, 0.1) is 12.3 Å². The van der Waals surface area contributed by atoms with Gasteiger partial charge in [-0.3, -0.25) is 5.32 Å². The third kappa shape index (κ3) is 5.49. The number of nitrogens with one attached hydrogen (secondary N) is 1. The summed E-state index contributed by atoms with van der Waals surface area (Å²) < 4.78 is 52.9. The monoisotopic (exact) mass is 318 g/mol. The first-order valence-corrected chi connectivity index (χ1v) is 5.94. The maximum absolute atomic E-state index is 13.0. The van der Waals surface area contributed by atoms with E-state index in [-0.39, 0.29) is 25.5 Å². The predicted octanol–water partition coefficient (Wildman–Crippen LogP) is 2.31. The maximum Gasteiger partial charge on any atom is 0.421 e. The number of carbonyl (C=O) groups is 1. The highest BCUT2D eigenvalue weighted by molar-refractivity contribution is 5.84. The Kier molecular flexibility index (Phi) is 6.47. The van der Waals surface area contributed by atoms with Crippen molar-refractivity contribution < 1.29 is 32.2 Å². The van der Waals surface area contributed by atoms with Crippen molar-refractivity contribution in [1.82, 2.24) is 4.98 Å². The van der Waals surface area contributed by atoms with Gasteiger partial charge in [0.2, 0.25) is 5.88 Å². The Morgan fingerprint density at radius 2 is 2.18 bits per heavy atom. The number of alkyl halides is 3. The Labute approximate surface area is 124 Å². The van der Waals surface area contributed by atoms with Crippen molar-refractivity contribution in [3.05, 3.63) is 17.8 Å². The molecule has 1 amide bonds. The summed E-state index contributed by atoms with van der Waals surface area (Å²) in [7, 11) is 1.39. The molecule has 0 unspecified atom stereocenters. The van der Waals surface area contributed by atoms with E-state index in [0.717, 1.165) is 6.20 Å². The molecule has 9 heteroatoms. The van der Waals surface area contributed by atoms with Crippen LogP contribution in [-0.2, 0) is 15.7 Å². The third-order valence-corrected chi connectivity index (χ3v) is 2.22. The van der Waals surface area contributed by atoms with Gasteiger partial charge in [0.05, 0.1) is 18.5 Å². The van der Waals surface area contributed by atoms with Gasteiger partial charge in [-0.2, -0.15) is 13.2 Å². The summed E-state index contributed by atoms with van der Waals surface area (Å²) in [5, 5.41) is 2.08. The van der Waals surface area contributed by atoms with Gasteiger partial charge in [0.25, 0.3) is 0 Å². The summed E-state index contributed by atoms with van der Waals surface area (Å²) in [6.45, 7) is -0.287. The molecule has 0 atom stereocenters. The number of methoxy groups -OCH3 is 1. The van der Waals surface area contributed by atoms with Gasteiger partial charge in [-0.1, -0.05) is 5.92 Å². The van der Waals surface area contributed by atoms with Crippen molar-refractivity contribution >= 4 is 11.8 Å². The van der Waals surface area contributed by atoms with Gasteiger partial charge >= 0.3 is 12.3 Å². The molecular formula is C13H13F3N2O4. The number of nitrogens with zero attached hydrogens (tertiary/aromatic N) is 1. The molecule has 0 aliphatic heterocycles. The number of halogens is 3. The van der Waals surface area contributed by atoms with Gasteiger partial charge < -0.3 is 14.2 Å². The molecular weight excluding hydrogens is 305 g/mol. The first-order valence-electron chi connectivity index (χ1n) is 5.94. The number of pyridine rings is 1. The highest BCUT2D eigenvalue weighted by Crippen LogP contribution is 2.36. The highest BCUT2D eigenvalue weighted by atomic mass is 19.4. The minimum absolute atomic E-state index is 0.0937. The van der Waals surface area contributed by atoms with Crippen molar-refractivity contribution in [2.75, 3.05) is 32.2 Å². The molecule has 22 heavy (non-hydrogen) atoms. The standard InChI is InChI=1S/C13H13F3N2O4/c1-3-4-22-12(19)18-9-7-10(13(14,15)16)11(17-8-9)21-6-5-20-2/h1,7-8H,4-6H2,2H3,(H,18,19). The molecule has 0 saturated carbocycles. The smallest absolute Gasteiger partial charge is 0.421 e. The topological polar surface area (TPSA) is 69.7 Å². The van der Waals surface area contributed by atoms with Crippen LogP contribution < -0.4 is 10.1 Å². The first kappa shape index (κ1) is 17.6. The molecule has 0 bridgehead atoms. The second-order valence-corrected chi connectivity index (χ2v) is 3.82. The minimum atomic E-state index is -4.70. The van der Waals surface area contributed by atoms with E-state index in [1.54, 1.807) is 0 Å². The fourth-order valence-electron chi connectivity index (χ4n) is 1.32. The normalized spacial score (nSPS) is 10.7. The van der Waals surface area contributed by atoms with Crippen LogP contribution in [0.5, 0.6) is 5.88 Å². The molecule has 0 spiro atoms. The van der Waals surface area contributed by atoms with Gasteiger partial charge in [-0.05, 0) is 6.07 Å². The fraction of sp³-hybridized carbons (Fsp3) is 0.385. The zero-order valence-corrected chi connectivity index (χ0v) is 11.6. The first-order chi connectivity index (χ1) is 10.4. The molecule has 0 fully saturated rings. The van der Waals surface area contributed by atoms with Gasteiger partial charge in [0, 0.05) is 7.11 Å². The van der Waals surface area contributed by atoms with Crippen LogP contribution in [0.15, 0.2) is 12.3 Å². The molecule has 1 aromatic heterocycles. The Hall–Kier alpha value is -2.47. The molecule has 6 nitrogen and oxygen atoms in total. The highest BCUT2D eigenvalue weighted by Gasteiger charge is 2.36. The van der Waals surface area contributed by atoms with Gasteiger partial charge in [0.15, 0.2) is 6.61 Å². The number of ether oxygens (including phenoxy) is 3. The van der Waals surface area contributed by atoms with Crippen LogP contribution >= 0.6 is 0 Å².